The van der Waals surface area contributed by atoms with Crippen LogP contribution in [0.3, 0.4) is 0 Å². The van der Waals surface area contributed by atoms with Crippen molar-refractivity contribution in [2.24, 2.45) is 0 Å². The average molecular weight is 361 g/mol. The topological polar surface area (TPSA) is 53.9 Å². The number of hydrogen-bond donors (Lipinski definition) is 1. The maximum absolute atomic E-state index is 4.81. The molecule has 2 aromatic heterocycles. The van der Waals surface area contributed by atoms with Gasteiger partial charge in [0.05, 0.1) is 5.52 Å². The molecule has 1 saturated heterocycles. The Bertz CT molecular complexity index is 880. The maximum Gasteiger partial charge on any atom is 0.162 e. The summed E-state index contributed by atoms with van der Waals surface area (Å²) in [6, 6.07) is 12.8. The van der Waals surface area contributed by atoms with E-state index in [2.05, 4.69) is 28.2 Å². The van der Waals surface area contributed by atoms with Crippen LogP contribution < -0.4 is 5.32 Å². The SMILES string of the molecule is C[C@H]1CCCCN1CCCNc1nc(-c2ccncc2)nc2ccccc12. The summed E-state index contributed by atoms with van der Waals surface area (Å²) in [4.78, 5) is 16.2. The standard InChI is InChI=1S/C22H27N5/c1-17-7-4-5-15-27(17)16-6-12-24-22-19-8-2-3-9-20(19)25-21(26-22)18-10-13-23-14-11-18/h2-3,8-11,13-14,17H,4-7,12,15-16H2,1H3,(H,24,25,26)/t17-/m0/s1. The summed E-state index contributed by atoms with van der Waals surface area (Å²) in [6.07, 6.45) is 8.72. The van der Waals surface area contributed by atoms with E-state index in [-0.39, 0.29) is 0 Å². The lowest BCUT2D eigenvalue weighted by molar-refractivity contribution is 0.160. The van der Waals surface area contributed by atoms with Crippen molar-refractivity contribution in [3.63, 3.8) is 0 Å². The molecule has 3 heterocycles. The second-order valence-electron chi connectivity index (χ2n) is 7.31. The quantitative estimate of drug-likeness (QED) is 0.661. The first-order valence-corrected chi connectivity index (χ1v) is 9.96. The van der Waals surface area contributed by atoms with Gasteiger partial charge in [0.25, 0.3) is 0 Å². The maximum atomic E-state index is 4.81. The number of nitrogens with one attached hydrogen (secondary N) is 1. The highest BCUT2D eigenvalue weighted by Crippen LogP contribution is 2.24. The number of rotatable bonds is 6. The summed E-state index contributed by atoms with van der Waals surface area (Å²) >= 11 is 0. The van der Waals surface area contributed by atoms with Gasteiger partial charge in [-0.05, 0) is 57.0 Å². The average Bonchev–Trinajstić information content (AvgIpc) is 2.73. The minimum Gasteiger partial charge on any atom is -0.369 e. The number of pyridine rings is 1. The number of hydrogen-bond acceptors (Lipinski definition) is 5. The highest BCUT2D eigenvalue weighted by Gasteiger charge is 2.17. The van der Waals surface area contributed by atoms with Gasteiger partial charge >= 0.3 is 0 Å². The van der Waals surface area contributed by atoms with Crippen LogP contribution in [-0.4, -0.2) is 45.5 Å². The lowest BCUT2D eigenvalue weighted by atomic mass is 10.0. The van der Waals surface area contributed by atoms with E-state index >= 15 is 0 Å². The van der Waals surface area contributed by atoms with Gasteiger partial charge in [0, 0.05) is 42.5 Å². The van der Waals surface area contributed by atoms with E-state index in [0.29, 0.717) is 0 Å². The minimum absolute atomic E-state index is 0.719. The lowest BCUT2D eigenvalue weighted by Crippen LogP contribution is -2.38. The summed E-state index contributed by atoms with van der Waals surface area (Å²) in [5.74, 6) is 1.65. The predicted molar refractivity (Wildman–Crippen MR) is 111 cm³/mol. The number of anilines is 1. The molecule has 1 N–H and O–H groups in total. The van der Waals surface area contributed by atoms with Gasteiger partial charge in [-0.25, -0.2) is 9.97 Å². The summed E-state index contributed by atoms with van der Waals surface area (Å²) in [5.41, 5.74) is 1.95. The zero-order valence-corrected chi connectivity index (χ0v) is 15.9. The van der Waals surface area contributed by atoms with Gasteiger partial charge in [-0.2, -0.15) is 0 Å². The summed E-state index contributed by atoms with van der Waals surface area (Å²) in [6.45, 7) is 5.66. The molecule has 0 aliphatic carbocycles. The van der Waals surface area contributed by atoms with E-state index in [1.807, 2.05) is 30.3 Å². The first kappa shape index (κ1) is 17.9. The molecule has 140 valence electrons. The molecular weight excluding hydrogens is 334 g/mol. The third-order valence-electron chi connectivity index (χ3n) is 5.40. The Morgan fingerprint density at radius 2 is 1.93 bits per heavy atom. The number of benzene rings is 1. The molecule has 1 aromatic carbocycles. The monoisotopic (exact) mass is 361 g/mol. The Labute approximate surface area is 160 Å². The van der Waals surface area contributed by atoms with Crippen LogP contribution in [0.2, 0.25) is 0 Å². The van der Waals surface area contributed by atoms with Gasteiger partial charge < -0.3 is 10.2 Å². The van der Waals surface area contributed by atoms with Crippen molar-refractivity contribution >= 4 is 16.7 Å². The first-order valence-electron chi connectivity index (χ1n) is 9.96. The fourth-order valence-electron chi connectivity index (χ4n) is 3.82. The van der Waals surface area contributed by atoms with Crippen LogP contribution in [0, 0.1) is 0 Å². The molecule has 3 aromatic rings. The number of piperidine rings is 1. The molecule has 0 bridgehead atoms. The molecular formula is C22H27N5. The highest BCUT2D eigenvalue weighted by molar-refractivity contribution is 5.90. The van der Waals surface area contributed by atoms with Crippen LogP contribution >= 0.6 is 0 Å². The molecule has 1 atom stereocenters. The molecule has 5 heteroatoms. The zero-order valence-electron chi connectivity index (χ0n) is 15.9. The van der Waals surface area contributed by atoms with E-state index in [0.717, 1.165) is 53.7 Å². The molecule has 1 aliphatic heterocycles. The molecule has 27 heavy (non-hydrogen) atoms. The molecule has 1 aliphatic rings. The Balaban J connectivity index is 1.48. The van der Waals surface area contributed by atoms with Gasteiger partial charge in [-0.15, -0.1) is 0 Å². The molecule has 1 fully saturated rings. The number of para-hydroxylation sites is 1. The zero-order chi connectivity index (χ0) is 18.5. The van der Waals surface area contributed by atoms with E-state index in [4.69, 9.17) is 9.97 Å². The second kappa shape index (κ2) is 8.44. The summed E-state index contributed by atoms with van der Waals surface area (Å²) < 4.78 is 0. The lowest BCUT2D eigenvalue weighted by Gasteiger charge is -2.33. The molecule has 5 nitrogen and oxygen atoms in total. The summed E-state index contributed by atoms with van der Waals surface area (Å²) in [5, 5.41) is 4.63. The van der Waals surface area contributed by atoms with Crippen molar-refractivity contribution in [2.45, 2.75) is 38.6 Å². The van der Waals surface area contributed by atoms with Gasteiger partial charge in [0.15, 0.2) is 5.82 Å². The summed E-state index contributed by atoms with van der Waals surface area (Å²) in [7, 11) is 0. The number of likely N-dealkylation sites (tertiary alicyclic amines) is 1. The predicted octanol–water partition coefficient (Wildman–Crippen LogP) is 4.37. The third kappa shape index (κ3) is 4.25. The van der Waals surface area contributed by atoms with Crippen molar-refractivity contribution in [1.82, 2.24) is 19.9 Å². The molecule has 0 spiro atoms. The Kier molecular flexibility index (Phi) is 5.58. The van der Waals surface area contributed by atoms with Crippen LogP contribution in [0.4, 0.5) is 5.82 Å². The minimum atomic E-state index is 0.719. The van der Waals surface area contributed by atoms with Gasteiger partial charge in [-0.3, -0.25) is 4.98 Å². The molecule has 0 radical (unpaired) electrons. The van der Waals surface area contributed by atoms with E-state index in [1.54, 1.807) is 12.4 Å². The van der Waals surface area contributed by atoms with Crippen LogP contribution in [0.15, 0.2) is 48.8 Å². The van der Waals surface area contributed by atoms with Crippen molar-refractivity contribution in [1.29, 1.82) is 0 Å². The van der Waals surface area contributed by atoms with Gasteiger partial charge in [0.2, 0.25) is 0 Å². The number of nitrogens with zero attached hydrogens (tertiary/aromatic N) is 4. The normalized spacial score (nSPS) is 17.9. The number of aromatic nitrogens is 3. The van der Waals surface area contributed by atoms with E-state index in [1.165, 1.54) is 25.8 Å². The highest BCUT2D eigenvalue weighted by atomic mass is 15.2. The van der Waals surface area contributed by atoms with Crippen molar-refractivity contribution in [2.75, 3.05) is 25.0 Å². The Morgan fingerprint density at radius 1 is 1.07 bits per heavy atom. The fraction of sp³-hybridized carbons (Fsp3) is 0.409. The van der Waals surface area contributed by atoms with Crippen LogP contribution in [0.1, 0.15) is 32.6 Å². The molecule has 4 rings (SSSR count). The van der Waals surface area contributed by atoms with Crippen LogP contribution in [0.5, 0.6) is 0 Å². The molecule has 0 saturated carbocycles. The van der Waals surface area contributed by atoms with Gasteiger partial charge in [-0.1, -0.05) is 18.6 Å². The first-order chi connectivity index (χ1) is 13.3. The second-order valence-corrected chi connectivity index (χ2v) is 7.31. The Hall–Kier alpha value is -2.53. The third-order valence-corrected chi connectivity index (χ3v) is 5.40. The molecule has 0 amide bonds. The smallest absolute Gasteiger partial charge is 0.162 e. The number of fused-ring (bicyclic) bond motifs is 1. The van der Waals surface area contributed by atoms with Crippen molar-refractivity contribution in [3.05, 3.63) is 48.8 Å². The van der Waals surface area contributed by atoms with Crippen molar-refractivity contribution in [3.8, 4) is 11.4 Å². The van der Waals surface area contributed by atoms with Crippen LogP contribution in [0.25, 0.3) is 22.3 Å². The van der Waals surface area contributed by atoms with E-state index < -0.39 is 0 Å². The van der Waals surface area contributed by atoms with Crippen molar-refractivity contribution < 1.29 is 0 Å². The largest absolute Gasteiger partial charge is 0.369 e. The van der Waals surface area contributed by atoms with E-state index in [9.17, 15) is 0 Å². The Morgan fingerprint density at radius 3 is 2.78 bits per heavy atom. The fourth-order valence-corrected chi connectivity index (χ4v) is 3.82. The molecule has 0 unspecified atom stereocenters. The van der Waals surface area contributed by atoms with Gasteiger partial charge in [0.1, 0.15) is 5.82 Å². The van der Waals surface area contributed by atoms with Crippen LogP contribution in [-0.2, 0) is 0 Å².